The maximum atomic E-state index is 10.6. The lowest BCUT2D eigenvalue weighted by Gasteiger charge is -2.10. The van der Waals surface area contributed by atoms with Crippen molar-refractivity contribution in [1.29, 1.82) is 0 Å². The molecule has 2 aliphatic heterocycles. The summed E-state index contributed by atoms with van der Waals surface area (Å²) in [6.07, 6.45) is 8.45. The van der Waals surface area contributed by atoms with Gasteiger partial charge in [-0.3, -0.25) is 0 Å². The second-order valence-corrected chi connectivity index (χ2v) is 13.5. The Morgan fingerprint density at radius 3 is 1.15 bits per heavy atom. The number of rotatable bonds is 4. The van der Waals surface area contributed by atoms with Gasteiger partial charge in [0.25, 0.3) is 0 Å². The van der Waals surface area contributed by atoms with Crippen molar-refractivity contribution in [1.82, 2.24) is 19.9 Å². The molecule has 2 aliphatic rings. The molecule has 5 heteroatoms. The van der Waals surface area contributed by atoms with Gasteiger partial charge < -0.3 is 15.1 Å². The Kier molecular flexibility index (Phi) is 7.55. The van der Waals surface area contributed by atoms with E-state index in [9.17, 15) is 5.11 Å². The van der Waals surface area contributed by atoms with Crippen LogP contribution in [0.4, 0.5) is 0 Å². The second kappa shape index (κ2) is 12.6. The van der Waals surface area contributed by atoms with Crippen molar-refractivity contribution < 1.29 is 5.11 Å². The molecule has 250 valence electrons. The maximum Gasteiger partial charge on any atom is 0.116 e. The van der Waals surface area contributed by atoms with E-state index in [0.29, 0.717) is 0 Å². The van der Waals surface area contributed by atoms with Crippen molar-refractivity contribution >= 4 is 46.4 Å². The molecule has 3 N–H and O–H groups in total. The van der Waals surface area contributed by atoms with E-state index in [1.54, 1.807) is 12.1 Å². The highest BCUT2D eigenvalue weighted by Crippen LogP contribution is 2.40. The fourth-order valence-electron chi connectivity index (χ4n) is 7.58. The van der Waals surface area contributed by atoms with Crippen molar-refractivity contribution in [3.8, 4) is 50.3 Å². The number of fused-ring (bicyclic) bond motifs is 8. The van der Waals surface area contributed by atoms with Crippen LogP contribution in [0.2, 0.25) is 0 Å². The summed E-state index contributed by atoms with van der Waals surface area (Å²) in [4.78, 5) is 18.4. The number of nitrogens with zero attached hydrogens (tertiary/aromatic N) is 2. The molecule has 0 atom stereocenters. The summed E-state index contributed by atoms with van der Waals surface area (Å²) in [5, 5.41) is 10.6. The highest BCUT2D eigenvalue weighted by atomic mass is 16.3. The topological polar surface area (TPSA) is 77.6 Å². The number of hydrogen-bond acceptors (Lipinski definition) is 3. The molecule has 0 aliphatic carbocycles. The first-order valence-electron chi connectivity index (χ1n) is 17.6. The first kappa shape index (κ1) is 31.3. The van der Waals surface area contributed by atoms with Gasteiger partial charge in [0, 0.05) is 44.3 Å². The van der Waals surface area contributed by atoms with Gasteiger partial charge in [-0.1, -0.05) is 84.9 Å². The molecule has 5 heterocycles. The third-order valence-corrected chi connectivity index (χ3v) is 10.1. The highest BCUT2D eigenvalue weighted by Gasteiger charge is 2.20. The van der Waals surface area contributed by atoms with Crippen LogP contribution in [0.15, 0.2) is 121 Å². The number of hydrogen-bond donors (Lipinski definition) is 3. The van der Waals surface area contributed by atoms with E-state index in [4.69, 9.17) is 9.97 Å². The monoisotopic (exact) mass is 672 g/mol. The zero-order valence-corrected chi connectivity index (χ0v) is 29.2. The van der Waals surface area contributed by atoms with E-state index in [-0.39, 0.29) is 5.75 Å². The predicted molar refractivity (Wildman–Crippen MR) is 216 cm³/mol. The Hall–Kier alpha value is -6.72. The number of aromatic hydroxyl groups is 1. The molecule has 9 rings (SSSR count). The number of phenolic OH excluding ortho intramolecular Hbond substituents is 1. The maximum absolute atomic E-state index is 10.6. The largest absolute Gasteiger partial charge is 0.508 e. The minimum atomic E-state index is 0.197. The Morgan fingerprint density at radius 1 is 0.404 bits per heavy atom. The Labute approximate surface area is 302 Å². The first-order valence-corrected chi connectivity index (χ1v) is 17.6. The molecular weight excluding hydrogens is 637 g/mol. The number of nitrogens with one attached hydrogen (secondary N) is 2. The summed E-state index contributed by atoms with van der Waals surface area (Å²) in [7, 11) is 0. The van der Waals surface area contributed by atoms with Gasteiger partial charge in [0.05, 0.1) is 22.8 Å². The smallest absolute Gasteiger partial charge is 0.116 e. The minimum Gasteiger partial charge on any atom is -0.508 e. The van der Waals surface area contributed by atoms with Crippen LogP contribution < -0.4 is 0 Å². The van der Waals surface area contributed by atoms with Gasteiger partial charge in [0.15, 0.2) is 0 Å². The number of aryl methyl sites for hydroxylation is 3. The fraction of sp³-hybridized carbons (Fsp3) is 0.0638. The zero-order valence-electron chi connectivity index (χ0n) is 29.2. The van der Waals surface area contributed by atoms with Gasteiger partial charge in [0.1, 0.15) is 5.75 Å². The summed E-state index contributed by atoms with van der Waals surface area (Å²) in [6.45, 7) is 6.44. The van der Waals surface area contributed by atoms with E-state index < -0.39 is 0 Å². The Balaban J connectivity index is 1.51. The third-order valence-electron chi connectivity index (χ3n) is 10.1. The van der Waals surface area contributed by atoms with E-state index in [2.05, 4.69) is 152 Å². The molecule has 0 unspecified atom stereocenters. The van der Waals surface area contributed by atoms with E-state index in [1.807, 2.05) is 12.1 Å². The van der Waals surface area contributed by atoms with E-state index in [0.717, 1.165) is 100 Å². The number of H-pyrrole nitrogens is 2. The molecule has 8 bridgehead atoms. The molecule has 52 heavy (non-hydrogen) atoms. The SMILES string of the molecule is Cc1ccccc1-c1c2nc(c(-c3ccccc3C)c3ccc([nH]3)c(-c3ccccc3C)c3nc(c(-c4cccc(O)c4)c4ccc1[nH]4)C=C3)C=C2. The third kappa shape index (κ3) is 5.35. The number of aromatic amines is 2. The minimum absolute atomic E-state index is 0.197. The summed E-state index contributed by atoms with van der Waals surface area (Å²) in [5.41, 5.74) is 18.8. The molecule has 7 aromatic rings. The summed E-state index contributed by atoms with van der Waals surface area (Å²) in [5.74, 6) is 0.197. The highest BCUT2D eigenvalue weighted by molar-refractivity contribution is 6.00. The summed E-state index contributed by atoms with van der Waals surface area (Å²) < 4.78 is 0. The first-order chi connectivity index (χ1) is 25.4. The second-order valence-electron chi connectivity index (χ2n) is 13.5. The standard InChI is InChI=1S/C47H36N4O/c1-28-11-4-7-16-33(28)45-38-21-19-36(48-38)44(31-14-10-15-32(52)27-31)37-20-22-39(49-37)46(34-17-8-5-12-29(34)2)41-24-26-43(51-41)47(42-25-23-40(45)50-42)35-18-9-6-13-30(35)3/h4-27,48,51-52H,1-3H3. The van der Waals surface area contributed by atoms with Crippen molar-refractivity contribution in [2.24, 2.45) is 0 Å². The molecule has 3 aromatic heterocycles. The van der Waals surface area contributed by atoms with Gasteiger partial charge in [-0.25, -0.2) is 9.97 Å². The van der Waals surface area contributed by atoms with Crippen molar-refractivity contribution in [2.45, 2.75) is 20.8 Å². The van der Waals surface area contributed by atoms with Crippen LogP contribution in [0.3, 0.4) is 0 Å². The van der Waals surface area contributed by atoms with Gasteiger partial charge >= 0.3 is 0 Å². The van der Waals surface area contributed by atoms with Gasteiger partial charge in [-0.15, -0.1) is 0 Å². The van der Waals surface area contributed by atoms with Crippen LogP contribution in [0.25, 0.3) is 90.9 Å². The lowest BCUT2D eigenvalue weighted by molar-refractivity contribution is 0.475. The summed E-state index contributed by atoms with van der Waals surface area (Å²) in [6, 6.07) is 41.4. The molecular formula is C47H36N4O. The van der Waals surface area contributed by atoms with Crippen LogP contribution in [0.1, 0.15) is 39.5 Å². The molecule has 4 aromatic carbocycles. The lowest BCUT2D eigenvalue weighted by atomic mass is 9.99. The number of aromatic nitrogens is 4. The van der Waals surface area contributed by atoms with Gasteiger partial charge in [0.2, 0.25) is 0 Å². The summed E-state index contributed by atoms with van der Waals surface area (Å²) >= 11 is 0. The van der Waals surface area contributed by atoms with Crippen molar-refractivity contribution in [3.63, 3.8) is 0 Å². The number of phenols is 1. The lowest BCUT2D eigenvalue weighted by Crippen LogP contribution is -1.92. The molecule has 0 saturated heterocycles. The molecule has 5 nitrogen and oxygen atoms in total. The normalized spacial score (nSPS) is 12.1. The predicted octanol–water partition coefficient (Wildman–Crippen LogP) is 12.0. The van der Waals surface area contributed by atoms with Crippen LogP contribution in [-0.2, 0) is 0 Å². The Morgan fingerprint density at radius 2 is 0.769 bits per heavy atom. The average Bonchev–Trinajstić information content (AvgIpc) is 3.98. The van der Waals surface area contributed by atoms with Gasteiger partial charge in [-0.2, -0.15) is 0 Å². The van der Waals surface area contributed by atoms with Crippen LogP contribution in [0, 0.1) is 20.8 Å². The van der Waals surface area contributed by atoms with Crippen LogP contribution >= 0.6 is 0 Å². The molecule has 0 saturated carbocycles. The quantitative estimate of drug-likeness (QED) is 0.174. The van der Waals surface area contributed by atoms with E-state index in [1.165, 1.54) is 5.56 Å². The van der Waals surface area contributed by atoms with Crippen LogP contribution in [-0.4, -0.2) is 25.0 Å². The molecule has 0 fully saturated rings. The van der Waals surface area contributed by atoms with E-state index >= 15 is 0 Å². The number of benzene rings is 4. The Bertz CT molecular complexity index is 2750. The fourth-order valence-corrected chi connectivity index (χ4v) is 7.58. The van der Waals surface area contributed by atoms with Crippen LogP contribution in [0.5, 0.6) is 5.75 Å². The van der Waals surface area contributed by atoms with Crippen molar-refractivity contribution in [2.75, 3.05) is 0 Å². The molecule has 0 spiro atoms. The molecule has 0 amide bonds. The van der Waals surface area contributed by atoms with Gasteiger partial charge in [-0.05, 0) is 120 Å². The average molecular weight is 673 g/mol. The van der Waals surface area contributed by atoms with Crippen molar-refractivity contribution in [3.05, 3.63) is 161 Å². The molecule has 0 radical (unpaired) electrons. The zero-order chi connectivity index (χ0) is 35.3.